The van der Waals surface area contributed by atoms with Crippen LogP contribution in [0.2, 0.25) is 0 Å². The number of nitrogens with zero attached hydrogens (tertiary/aromatic N) is 1. The topological polar surface area (TPSA) is 26.2 Å². The van der Waals surface area contributed by atoms with E-state index in [1.165, 1.54) is 5.69 Å². The Kier molecular flexibility index (Phi) is 5.03. The highest BCUT2D eigenvalue weighted by Gasteiger charge is 2.16. The van der Waals surface area contributed by atoms with Gasteiger partial charge in [0.1, 0.15) is 0 Å². The van der Waals surface area contributed by atoms with Crippen molar-refractivity contribution in [2.45, 2.75) is 46.4 Å². The van der Waals surface area contributed by atoms with Gasteiger partial charge in [0.25, 0.3) is 0 Å². The van der Waals surface area contributed by atoms with E-state index in [1.807, 2.05) is 6.92 Å². The first kappa shape index (κ1) is 13.3. The fourth-order valence-electron chi connectivity index (χ4n) is 1.85. The molecule has 0 aliphatic rings. The highest BCUT2D eigenvalue weighted by atomic mass is 16.5. The monoisotopic (exact) mass is 224 g/mol. The Morgan fingerprint density at radius 3 is 2.75 bits per heavy atom. The molecule has 0 unspecified atom stereocenters. The van der Waals surface area contributed by atoms with Gasteiger partial charge in [-0.2, -0.15) is 0 Å². The Labute approximate surface area is 98.8 Å². The van der Waals surface area contributed by atoms with Gasteiger partial charge in [-0.05, 0) is 39.8 Å². The fourth-order valence-corrected chi connectivity index (χ4v) is 1.85. The largest absolute Gasteiger partial charge is 0.375 e. The van der Waals surface area contributed by atoms with Gasteiger partial charge >= 0.3 is 0 Å². The lowest BCUT2D eigenvalue weighted by atomic mass is 10.1. The van der Waals surface area contributed by atoms with E-state index in [2.05, 4.69) is 49.0 Å². The molecular formula is C13H24N2O. The van der Waals surface area contributed by atoms with Crippen LogP contribution in [0.15, 0.2) is 18.3 Å². The van der Waals surface area contributed by atoms with Crippen LogP contribution in [0, 0.1) is 0 Å². The van der Waals surface area contributed by atoms with E-state index in [0.717, 1.165) is 26.2 Å². The molecule has 1 heterocycles. The van der Waals surface area contributed by atoms with Gasteiger partial charge in [-0.1, -0.05) is 0 Å². The maximum atomic E-state index is 5.64. The van der Waals surface area contributed by atoms with Crippen LogP contribution in [-0.2, 0) is 17.8 Å². The quantitative estimate of drug-likeness (QED) is 0.770. The second-order valence-electron chi connectivity index (χ2n) is 4.58. The van der Waals surface area contributed by atoms with Crippen molar-refractivity contribution in [2.75, 3.05) is 13.2 Å². The van der Waals surface area contributed by atoms with Gasteiger partial charge in [0, 0.05) is 38.1 Å². The van der Waals surface area contributed by atoms with Crippen molar-refractivity contribution in [2.24, 2.45) is 0 Å². The lowest BCUT2D eigenvalue weighted by Gasteiger charge is -2.25. The third kappa shape index (κ3) is 3.99. The third-order valence-electron chi connectivity index (χ3n) is 2.66. The Bertz CT molecular complexity index is 305. The molecule has 0 saturated heterocycles. The first-order valence-corrected chi connectivity index (χ1v) is 6.07. The number of aromatic nitrogens is 1. The number of hydrogen-bond acceptors (Lipinski definition) is 2. The summed E-state index contributed by atoms with van der Waals surface area (Å²) < 4.78 is 7.89. The van der Waals surface area contributed by atoms with Crippen LogP contribution in [0.1, 0.15) is 33.4 Å². The van der Waals surface area contributed by atoms with Gasteiger partial charge in [-0.15, -0.1) is 0 Å². The van der Waals surface area contributed by atoms with Crippen molar-refractivity contribution in [1.82, 2.24) is 9.88 Å². The Balaban J connectivity index is 2.35. The second-order valence-corrected chi connectivity index (χ2v) is 4.58. The van der Waals surface area contributed by atoms with E-state index >= 15 is 0 Å². The standard InChI is InChI=1S/C13H24N2O/c1-5-15-9-7-8-12(15)10-14-11-13(3,4)16-6-2/h7-9,14H,5-6,10-11H2,1-4H3. The molecule has 3 heteroatoms. The van der Waals surface area contributed by atoms with Crippen molar-refractivity contribution < 1.29 is 4.74 Å². The molecule has 0 amide bonds. The zero-order valence-electron chi connectivity index (χ0n) is 10.9. The Morgan fingerprint density at radius 1 is 1.38 bits per heavy atom. The van der Waals surface area contributed by atoms with Gasteiger partial charge in [-0.25, -0.2) is 0 Å². The molecule has 0 atom stereocenters. The van der Waals surface area contributed by atoms with Gasteiger partial charge in [0.15, 0.2) is 0 Å². The summed E-state index contributed by atoms with van der Waals surface area (Å²) >= 11 is 0. The zero-order chi connectivity index (χ0) is 12.0. The van der Waals surface area contributed by atoms with E-state index in [9.17, 15) is 0 Å². The van der Waals surface area contributed by atoms with E-state index in [-0.39, 0.29) is 5.60 Å². The minimum atomic E-state index is -0.0849. The summed E-state index contributed by atoms with van der Waals surface area (Å²) in [5, 5.41) is 3.44. The minimum Gasteiger partial charge on any atom is -0.375 e. The summed E-state index contributed by atoms with van der Waals surface area (Å²) in [6.07, 6.45) is 2.12. The number of ether oxygens (including phenoxy) is 1. The molecule has 0 radical (unpaired) electrons. The van der Waals surface area contributed by atoms with Crippen LogP contribution in [-0.4, -0.2) is 23.3 Å². The predicted molar refractivity (Wildman–Crippen MR) is 67.5 cm³/mol. The first-order chi connectivity index (χ1) is 7.59. The molecule has 0 spiro atoms. The average molecular weight is 224 g/mol. The van der Waals surface area contributed by atoms with Gasteiger partial charge in [0.05, 0.1) is 5.60 Å². The third-order valence-corrected chi connectivity index (χ3v) is 2.66. The van der Waals surface area contributed by atoms with Crippen molar-refractivity contribution in [3.8, 4) is 0 Å². The second kappa shape index (κ2) is 6.06. The van der Waals surface area contributed by atoms with Gasteiger partial charge in [0.2, 0.25) is 0 Å². The molecule has 0 fully saturated rings. The normalized spacial score (nSPS) is 12.0. The van der Waals surface area contributed by atoms with E-state index in [4.69, 9.17) is 4.74 Å². The van der Waals surface area contributed by atoms with E-state index in [1.54, 1.807) is 0 Å². The van der Waals surface area contributed by atoms with Crippen LogP contribution >= 0.6 is 0 Å². The summed E-state index contributed by atoms with van der Waals surface area (Å²) in [4.78, 5) is 0. The number of nitrogens with one attached hydrogen (secondary N) is 1. The molecular weight excluding hydrogens is 200 g/mol. The van der Waals surface area contributed by atoms with Crippen molar-refractivity contribution in [3.63, 3.8) is 0 Å². The zero-order valence-corrected chi connectivity index (χ0v) is 10.9. The number of hydrogen-bond donors (Lipinski definition) is 1. The molecule has 0 bridgehead atoms. The molecule has 0 aliphatic carbocycles. The van der Waals surface area contributed by atoms with Crippen LogP contribution in [0.5, 0.6) is 0 Å². The number of aryl methyl sites for hydroxylation is 1. The van der Waals surface area contributed by atoms with E-state index < -0.39 is 0 Å². The van der Waals surface area contributed by atoms with Crippen molar-refractivity contribution in [3.05, 3.63) is 24.0 Å². The Morgan fingerprint density at radius 2 is 2.12 bits per heavy atom. The Hall–Kier alpha value is -0.800. The molecule has 92 valence electrons. The maximum Gasteiger partial charge on any atom is 0.0750 e. The van der Waals surface area contributed by atoms with Crippen LogP contribution < -0.4 is 5.32 Å². The highest BCUT2D eigenvalue weighted by molar-refractivity contribution is 5.06. The molecule has 1 rings (SSSR count). The lowest BCUT2D eigenvalue weighted by Crippen LogP contribution is -2.37. The summed E-state index contributed by atoms with van der Waals surface area (Å²) in [6.45, 7) is 12.0. The molecule has 16 heavy (non-hydrogen) atoms. The van der Waals surface area contributed by atoms with Crippen LogP contribution in [0.4, 0.5) is 0 Å². The molecule has 0 aromatic carbocycles. The van der Waals surface area contributed by atoms with Crippen LogP contribution in [0.3, 0.4) is 0 Å². The highest BCUT2D eigenvalue weighted by Crippen LogP contribution is 2.08. The maximum absolute atomic E-state index is 5.64. The first-order valence-electron chi connectivity index (χ1n) is 6.07. The molecule has 1 N–H and O–H groups in total. The molecule has 0 aliphatic heterocycles. The lowest BCUT2D eigenvalue weighted by molar-refractivity contribution is -0.00905. The summed E-state index contributed by atoms with van der Waals surface area (Å²) in [7, 11) is 0. The molecule has 1 aromatic rings. The molecule has 1 aromatic heterocycles. The molecule has 0 saturated carbocycles. The van der Waals surface area contributed by atoms with Gasteiger partial charge in [-0.3, -0.25) is 0 Å². The summed E-state index contributed by atoms with van der Waals surface area (Å²) in [5.41, 5.74) is 1.24. The van der Waals surface area contributed by atoms with Crippen LogP contribution in [0.25, 0.3) is 0 Å². The molecule has 3 nitrogen and oxygen atoms in total. The van der Waals surface area contributed by atoms with Crippen molar-refractivity contribution >= 4 is 0 Å². The predicted octanol–water partition coefficient (Wildman–Crippen LogP) is 2.41. The average Bonchev–Trinajstić information content (AvgIpc) is 2.64. The van der Waals surface area contributed by atoms with Crippen molar-refractivity contribution in [1.29, 1.82) is 0 Å². The summed E-state index contributed by atoms with van der Waals surface area (Å²) in [5.74, 6) is 0. The SMILES string of the molecule is CCOC(C)(C)CNCc1cccn1CC. The smallest absolute Gasteiger partial charge is 0.0750 e. The number of rotatable bonds is 7. The fraction of sp³-hybridized carbons (Fsp3) is 0.692. The minimum absolute atomic E-state index is 0.0849. The van der Waals surface area contributed by atoms with Gasteiger partial charge < -0.3 is 14.6 Å². The van der Waals surface area contributed by atoms with E-state index in [0.29, 0.717) is 0 Å². The summed E-state index contributed by atoms with van der Waals surface area (Å²) in [6, 6.07) is 4.25.